The number of rotatable bonds is 8. The van der Waals surface area contributed by atoms with E-state index in [1.165, 1.54) is 0 Å². The van der Waals surface area contributed by atoms with Crippen LogP contribution in [0.2, 0.25) is 0 Å². The molecule has 0 bridgehead atoms. The second kappa shape index (κ2) is 8.76. The van der Waals surface area contributed by atoms with Gasteiger partial charge in [-0.3, -0.25) is 0 Å². The zero-order valence-corrected chi connectivity index (χ0v) is 13.7. The van der Waals surface area contributed by atoms with Crippen molar-refractivity contribution in [1.29, 1.82) is 0 Å². The average molecular weight is 308 g/mol. The van der Waals surface area contributed by atoms with E-state index >= 15 is 0 Å². The molecule has 0 aliphatic rings. The zero-order valence-electron chi connectivity index (χ0n) is 13.7. The maximum absolute atomic E-state index is 11.7. The maximum atomic E-state index is 11.7. The highest BCUT2D eigenvalue weighted by atomic mass is 16.3. The Morgan fingerprint density at radius 2 is 1.82 bits per heavy atom. The standard InChI is InChI=1S/C17H28N2O3/c1-13(20)10-17(2,3)12-19-16(22)18-11-15(21)9-14-7-5-4-6-8-14/h4-8,13,15,20-21H,9-12H2,1-3H3,(H2,18,19,22). The molecule has 22 heavy (non-hydrogen) atoms. The molecule has 0 heterocycles. The Morgan fingerprint density at radius 1 is 1.18 bits per heavy atom. The lowest BCUT2D eigenvalue weighted by molar-refractivity contribution is 0.128. The molecule has 1 rings (SSSR count). The summed E-state index contributed by atoms with van der Waals surface area (Å²) in [5.74, 6) is 0. The molecule has 0 aromatic heterocycles. The van der Waals surface area contributed by atoms with Crippen molar-refractivity contribution in [2.45, 2.75) is 45.8 Å². The van der Waals surface area contributed by atoms with Crippen LogP contribution in [0, 0.1) is 5.41 Å². The molecule has 5 heteroatoms. The smallest absolute Gasteiger partial charge is 0.314 e. The molecular formula is C17H28N2O3. The molecular weight excluding hydrogens is 280 g/mol. The first-order chi connectivity index (χ1) is 10.3. The lowest BCUT2D eigenvalue weighted by Gasteiger charge is -2.26. The van der Waals surface area contributed by atoms with Gasteiger partial charge in [-0.15, -0.1) is 0 Å². The lowest BCUT2D eigenvalue weighted by Crippen LogP contribution is -2.44. The van der Waals surface area contributed by atoms with Gasteiger partial charge in [0.1, 0.15) is 0 Å². The van der Waals surface area contributed by atoms with Crippen LogP contribution < -0.4 is 10.6 Å². The van der Waals surface area contributed by atoms with Crippen LogP contribution >= 0.6 is 0 Å². The number of aliphatic hydroxyl groups is 2. The molecule has 1 aromatic rings. The lowest BCUT2D eigenvalue weighted by atomic mass is 9.87. The molecule has 0 aliphatic carbocycles. The van der Waals surface area contributed by atoms with E-state index in [1.807, 2.05) is 44.2 Å². The Kier molecular flexibility index (Phi) is 7.35. The van der Waals surface area contributed by atoms with E-state index in [-0.39, 0.29) is 18.0 Å². The van der Waals surface area contributed by atoms with Gasteiger partial charge in [-0.2, -0.15) is 0 Å². The average Bonchev–Trinajstić information content (AvgIpc) is 2.43. The van der Waals surface area contributed by atoms with E-state index < -0.39 is 12.2 Å². The second-order valence-corrected chi connectivity index (χ2v) is 6.62. The van der Waals surface area contributed by atoms with E-state index in [1.54, 1.807) is 6.92 Å². The van der Waals surface area contributed by atoms with Crippen LogP contribution in [0.15, 0.2) is 30.3 Å². The Morgan fingerprint density at radius 3 is 2.41 bits per heavy atom. The summed E-state index contributed by atoms with van der Waals surface area (Å²) in [6.45, 7) is 6.40. The number of aliphatic hydroxyl groups excluding tert-OH is 2. The SMILES string of the molecule is CC(O)CC(C)(C)CNC(=O)NCC(O)Cc1ccccc1. The van der Waals surface area contributed by atoms with Crippen LogP contribution in [0.1, 0.15) is 32.8 Å². The predicted molar refractivity (Wildman–Crippen MR) is 87.6 cm³/mol. The summed E-state index contributed by atoms with van der Waals surface area (Å²) in [7, 11) is 0. The number of urea groups is 1. The summed E-state index contributed by atoms with van der Waals surface area (Å²) in [5, 5.41) is 24.8. The number of amides is 2. The first kappa shape index (κ1) is 18.5. The van der Waals surface area contributed by atoms with Crippen LogP contribution in [0.25, 0.3) is 0 Å². The van der Waals surface area contributed by atoms with E-state index in [2.05, 4.69) is 10.6 Å². The van der Waals surface area contributed by atoms with Gasteiger partial charge in [0.2, 0.25) is 0 Å². The van der Waals surface area contributed by atoms with Gasteiger partial charge < -0.3 is 20.8 Å². The number of hydrogen-bond acceptors (Lipinski definition) is 3. The topological polar surface area (TPSA) is 81.6 Å². The van der Waals surface area contributed by atoms with E-state index in [4.69, 9.17) is 0 Å². The molecule has 0 radical (unpaired) electrons. The van der Waals surface area contributed by atoms with Crippen molar-refractivity contribution in [3.63, 3.8) is 0 Å². The fraction of sp³-hybridized carbons (Fsp3) is 0.588. The number of nitrogens with one attached hydrogen (secondary N) is 2. The van der Waals surface area contributed by atoms with Crippen LogP contribution in [0.5, 0.6) is 0 Å². The van der Waals surface area contributed by atoms with Crippen LogP contribution in [-0.2, 0) is 6.42 Å². The van der Waals surface area contributed by atoms with Crippen molar-refractivity contribution in [3.05, 3.63) is 35.9 Å². The van der Waals surface area contributed by atoms with Crippen LogP contribution in [0.3, 0.4) is 0 Å². The molecule has 4 N–H and O–H groups in total. The monoisotopic (exact) mass is 308 g/mol. The van der Waals surface area contributed by atoms with Gasteiger partial charge in [-0.25, -0.2) is 4.79 Å². The van der Waals surface area contributed by atoms with Crippen molar-refractivity contribution in [1.82, 2.24) is 10.6 Å². The second-order valence-electron chi connectivity index (χ2n) is 6.62. The quantitative estimate of drug-likeness (QED) is 0.590. The first-order valence-corrected chi connectivity index (χ1v) is 7.70. The predicted octanol–water partition coefficient (Wildman–Crippen LogP) is 1.69. The van der Waals surface area contributed by atoms with Crippen LogP contribution in [0.4, 0.5) is 4.79 Å². The van der Waals surface area contributed by atoms with E-state index in [0.29, 0.717) is 19.4 Å². The highest BCUT2D eigenvalue weighted by Gasteiger charge is 2.21. The molecule has 0 saturated heterocycles. The Labute approximate surface area is 132 Å². The Balaban J connectivity index is 2.25. The molecule has 0 aliphatic heterocycles. The summed E-state index contributed by atoms with van der Waals surface area (Å²) in [5.41, 5.74) is 0.865. The minimum Gasteiger partial charge on any atom is -0.393 e. The highest BCUT2D eigenvalue weighted by Crippen LogP contribution is 2.20. The van der Waals surface area contributed by atoms with Gasteiger partial charge in [-0.05, 0) is 24.3 Å². The molecule has 124 valence electrons. The molecule has 0 spiro atoms. The van der Waals surface area contributed by atoms with E-state index in [0.717, 1.165) is 5.56 Å². The summed E-state index contributed by atoms with van der Waals surface area (Å²) < 4.78 is 0. The number of hydrogen-bond donors (Lipinski definition) is 4. The van der Waals surface area contributed by atoms with Gasteiger partial charge in [0, 0.05) is 19.5 Å². The molecule has 2 amide bonds. The Bertz CT molecular complexity index is 446. The molecule has 2 unspecified atom stereocenters. The van der Waals surface area contributed by atoms with Crippen molar-refractivity contribution < 1.29 is 15.0 Å². The number of carbonyl (C=O) groups excluding carboxylic acids is 1. The molecule has 1 aromatic carbocycles. The normalized spacial score (nSPS) is 14.2. The van der Waals surface area contributed by atoms with Gasteiger partial charge in [0.05, 0.1) is 12.2 Å². The van der Waals surface area contributed by atoms with E-state index in [9.17, 15) is 15.0 Å². The van der Waals surface area contributed by atoms with Gasteiger partial charge in [0.25, 0.3) is 0 Å². The molecule has 0 fully saturated rings. The maximum Gasteiger partial charge on any atom is 0.314 e. The third-order valence-corrected chi connectivity index (χ3v) is 3.39. The fourth-order valence-electron chi connectivity index (χ4n) is 2.42. The van der Waals surface area contributed by atoms with Gasteiger partial charge in [0.15, 0.2) is 0 Å². The fourth-order valence-corrected chi connectivity index (χ4v) is 2.42. The minimum atomic E-state index is -0.612. The minimum absolute atomic E-state index is 0.172. The summed E-state index contributed by atoms with van der Waals surface area (Å²) in [4.78, 5) is 11.7. The zero-order chi connectivity index (χ0) is 16.6. The molecule has 5 nitrogen and oxygen atoms in total. The summed E-state index contributed by atoms with van der Waals surface area (Å²) in [6.07, 6.45) is 0.115. The summed E-state index contributed by atoms with van der Waals surface area (Å²) >= 11 is 0. The third-order valence-electron chi connectivity index (χ3n) is 3.39. The Hall–Kier alpha value is -1.59. The van der Waals surface area contributed by atoms with Crippen molar-refractivity contribution >= 4 is 6.03 Å². The third kappa shape index (κ3) is 8.00. The van der Waals surface area contributed by atoms with Crippen molar-refractivity contribution in [2.75, 3.05) is 13.1 Å². The van der Waals surface area contributed by atoms with Gasteiger partial charge in [-0.1, -0.05) is 44.2 Å². The highest BCUT2D eigenvalue weighted by molar-refractivity contribution is 5.73. The first-order valence-electron chi connectivity index (χ1n) is 7.70. The largest absolute Gasteiger partial charge is 0.393 e. The molecule has 0 saturated carbocycles. The summed E-state index contributed by atoms with van der Waals surface area (Å²) in [6, 6.07) is 9.37. The molecule has 2 atom stereocenters. The van der Waals surface area contributed by atoms with Crippen molar-refractivity contribution in [3.8, 4) is 0 Å². The number of benzene rings is 1. The van der Waals surface area contributed by atoms with Crippen LogP contribution in [-0.4, -0.2) is 41.5 Å². The number of carbonyl (C=O) groups is 1. The van der Waals surface area contributed by atoms with Gasteiger partial charge >= 0.3 is 6.03 Å². The van der Waals surface area contributed by atoms with Crippen molar-refractivity contribution in [2.24, 2.45) is 5.41 Å².